The Morgan fingerprint density at radius 3 is 2.74 bits per heavy atom. The third kappa shape index (κ3) is 3.58. The molecular weight excluding hydrogens is 304 g/mol. The molecule has 0 spiro atoms. The summed E-state index contributed by atoms with van der Waals surface area (Å²) in [5.41, 5.74) is 10.2. The van der Waals surface area contributed by atoms with Gasteiger partial charge in [0, 0.05) is 28.8 Å². The van der Waals surface area contributed by atoms with Gasteiger partial charge < -0.3 is 5.73 Å². The van der Waals surface area contributed by atoms with Crippen molar-refractivity contribution in [3.63, 3.8) is 0 Å². The van der Waals surface area contributed by atoms with Gasteiger partial charge in [-0.1, -0.05) is 6.92 Å². The summed E-state index contributed by atoms with van der Waals surface area (Å²) in [6.45, 7) is 3.99. The molecule has 0 aliphatic heterocycles. The van der Waals surface area contributed by atoms with Gasteiger partial charge in [-0.25, -0.2) is 0 Å². The fraction of sp³-hybridized carbons (Fsp3) is 0.357. The minimum Gasteiger partial charge on any atom is -0.324 e. The summed E-state index contributed by atoms with van der Waals surface area (Å²) in [5, 5.41) is 8.30. The standard InChI is InChI=1S/C14H17BrN4/c1-3-14-12(6-9(2)18-19-14)13(16)7-11-5-4-10(15)8-17-11/h4-6,8,13H,3,7,16H2,1-2H3. The largest absolute Gasteiger partial charge is 0.324 e. The highest BCUT2D eigenvalue weighted by Gasteiger charge is 2.13. The summed E-state index contributed by atoms with van der Waals surface area (Å²) < 4.78 is 0.973. The SMILES string of the molecule is CCc1nnc(C)cc1C(N)Cc1ccc(Br)cn1. The maximum absolute atomic E-state index is 6.29. The summed E-state index contributed by atoms with van der Waals surface area (Å²) >= 11 is 3.38. The Bertz CT molecular complexity index is 554. The van der Waals surface area contributed by atoms with Crippen molar-refractivity contribution >= 4 is 15.9 Å². The Labute approximate surface area is 121 Å². The van der Waals surface area contributed by atoms with Crippen molar-refractivity contribution in [1.82, 2.24) is 15.2 Å². The van der Waals surface area contributed by atoms with E-state index < -0.39 is 0 Å². The van der Waals surface area contributed by atoms with Crippen molar-refractivity contribution in [1.29, 1.82) is 0 Å². The molecule has 19 heavy (non-hydrogen) atoms. The lowest BCUT2D eigenvalue weighted by atomic mass is 10.00. The van der Waals surface area contributed by atoms with E-state index in [1.165, 1.54) is 0 Å². The summed E-state index contributed by atoms with van der Waals surface area (Å²) in [5.74, 6) is 0. The molecule has 0 fully saturated rings. The number of hydrogen-bond donors (Lipinski definition) is 1. The third-order valence-electron chi connectivity index (χ3n) is 2.98. The molecule has 0 saturated carbocycles. The van der Waals surface area contributed by atoms with Gasteiger partial charge in [0.1, 0.15) is 0 Å². The van der Waals surface area contributed by atoms with Crippen molar-refractivity contribution in [2.75, 3.05) is 0 Å². The Hall–Kier alpha value is -1.33. The molecular formula is C14H17BrN4. The number of nitrogens with zero attached hydrogens (tertiary/aromatic N) is 3. The number of aromatic nitrogens is 3. The van der Waals surface area contributed by atoms with Gasteiger partial charge in [0.05, 0.1) is 11.4 Å². The van der Waals surface area contributed by atoms with E-state index in [1.807, 2.05) is 25.1 Å². The maximum Gasteiger partial charge on any atom is 0.0676 e. The normalized spacial score (nSPS) is 12.4. The fourth-order valence-electron chi connectivity index (χ4n) is 1.99. The molecule has 0 bridgehead atoms. The topological polar surface area (TPSA) is 64.7 Å². The Balaban J connectivity index is 2.21. The van der Waals surface area contributed by atoms with Crippen LogP contribution in [-0.2, 0) is 12.8 Å². The molecule has 0 aromatic carbocycles. The van der Waals surface area contributed by atoms with E-state index in [1.54, 1.807) is 6.20 Å². The zero-order valence-corrected chi connectivity index (χ0v) is 12.7. The Morgan fingerprint density at radius 2 is 2.11 bits per heavy atom. The first-order valence-corrected chi connectivity index (χ1v) is 7.08. The molecule has 5 heteroatoms. The first-order chi connectivity index (χ1) is 9.10. The lowest BCUT2D eigenvalue weighted by Gasteiger charge is -2.15. The Morgan fingerprint density at radius 1 is 1.32 bits per heavy atom. The predicted octanol–water partition coefficient (Wildman–Crippen LogP) is 2.75. The highest BCUT2D eigenvalue weighted by molar-refractivity contribution is 9.10. The van der Waals surface area contributed by atoms with Crippen molar-refractivity contribution in [3.8, 4) is 0 Å². The van der Waals surface area contributed by atoms with Crippen LogP contribution in [0, 0.1) is 6.92 Å². The maximum atomic E-state index is 6.29. The van der Waals surface area contributed by atoms with Gasteiger partial charge in [-0.15, -0.1) is 0 Å². The van der Waals surface area contributed by atoms with Crippen LogP contribution in [-0.4, -0.2) is 15.2 Å². The molecule has 0 amide bonds. The molecule has 100 valence electrons. The van der Waals surface area contributed by atoms with Gasteiger partial charge in [-0.05, 0) is 53.0 Å². The van der Waals surface area contributed by atoms with Crippen molar-refractivity contribution in [2.24, 2.45) is 5.73 Å². The number of rotatable bonds is 4. The molecule has 2 N–H and O–H groups in total. The molecule has 0 radical (unpaired) electrons. The van der Waals surface area contributed by atoms with Gasteiger partial charge in [-0.3, -0.25) is 4.98 Å². The van der Waals surface area contributed by atoms with Crippen LogP contribution < -0.4 is 5.73 Å². The van der Waals surface area contributed by atoms with Gasteiger partial charge in [0.2, 0.25) is 0 Å². The number of pyridine rings is 1. The Kier molecular flexibility index (Phi) is 4.61. The van der Waals surface area contributed by atoms with Crippen molar-refractivity contribution in [3.05, 3.63) is 51.5 Å². The monoisotopic (exact) mass is 320 g/mol. The first kappa shape index (κ1) is 14.1. The molecule has 2 aromatic rings. The highest BCUT2D eigenvalue weighted by Crippen LogP contribution is 2.19. The molecule has 0 aliphatic carbocycles. The lowest BCUT2D eigenvalue weighted by molar-refractivity contribution is 0.680. The average molecular weight is 321 g/mol. The van der Waals surface area contributed by atoms with Gasteiger partial charge in [-0.2, -0.15) is 10.2 Å². The second-order valence-electron chi connectivity index (χ2n) is 4.52. The van der Waals surface area contributed by atoms with Gasteiger partial charge >= 0.3 is 0 Å². The van der Waals surface area contributed by atoms with Crippen LogP contribution in [0.3, 0.4) is 0 Å². The van der Waals surface area contributed by atoms with Crippen molar-refractivity contribution in [2.45, 2.75) is 32.7 Å². The molecule has 2 heterocycles. The number of hydrogen-bond acceptors (Lipinski definition) is 4. The van der Waals surface area contributed by atoms with E-state index in [2.05, 4.69) is 38.0 Å². The second kappa shape index (κ2) is 6.21. The van der Waals surface area contributed by atoms with E-state index in [-0.39, 0.29) is 6.04 Å². The molecule has 2 rings (SSSR count). The van der Waals surface area contributed by atoms with Crippen LogP contribution in [0.25, 0.3) is 0 Å². The zero-order valence-electron chi connectivity index (χ0n) is 11.1. The van der Waals surface area contributed by atoms with Gasteiger partial charge in [0.15, 0.2) is 0 Å². The summed E-state index contributed by atoms with van der Waals surface area (Å²) in [6.07, 6.45) is 3.33. The molecule has 1 unspecified atom stereocenters. The molecule has 4 nitrogen and oxygen atoms in total. The van der Waals surface area contributed by atoms with Crippen LogP contribution in [0.2, 0.25) is 0 Å². The van der Waals surface area contributed by atoms with Crippen LogP contribution >= 0.6 is 15.9 Å². The van der Waals surface area contributed by atoms with Crippen LogP contribution in [0.4, 0.5) is 0 Å². The first-order valence-electron chi connectivity index (χ1n) is 6.29. The number of nitrogens with two attached hydrogens (primary N) is 1. The minimum absolute atomic E-state index is 0.0992. The fourth-order valence-corrected chi connectivity index (χ4v) is 2.23. The minimum atomic E-state index is -0.0992. The number of halogens is 1. The van der Waals surface area contributed by atoms with Crippen LogP contribution in [0.15, 0.2) is 28.9 Å². The van der Waals surface area contributed by atoms with E-state index in [9.17, 15) is 0 Å². The number of aryl methyl sites for hydroxylation is 2. The summed E-state index contributed by atoms with van der Waals surface area (Å²) in [7, 11) is 0. The van der Waals surface area contributed by atoms with Gasteiger partial charge in [0.25, 0.3) is 0 Å². The van der Waals surface area contributed by atoms with Crippen LogP contribution in [0.1, 0.15) is 35.6 Å². The molecule has 1 atom stereocenters. The van der Waals surface area contributed by atoms with E-state index >= 15 is 0 Å². The lowest BCUT2D eigenvalue weighted by Crippen LogP contribution is -2.17. The van der Waals surface area contributed by atoms with E-state index in [0.29, 0.717) is 6.42 Å². The molecule has 2 aromatic heterocycles. The quantitative estimate of drug-likeness (QED) is 0.940. The smallest absolute Gasteiger partial charge is 0.0676 e. The summed E-state index contributed by atoms with van der Waals surface area (Å²) in [4.78, 5) is 4.36. The molecule has 0 saturated heterocycles. The van der Waals surface area contributed by atoms with E-state index in [0.717, 1.165) is 33.5 Å². The average Bonchev–Trinajstić information content (AvgIpc) is 2.41. The van der Waals surface area contributed by atoms with E-state index in [4.69, 9.17) is 5.73 Å². The summed E-state index contributed by atoms with van der Waals surface area (Å²) in [6, 6.07) is 5.89. The van der Waals surface area contributed by atoms with Crippen molar-refractivity contribution < 1.29 is 0 Å². The predicted molar refractivity (Wildman–Crippen MR) is 78.7 cm³/mol. The highest BCUT2D eigenvalue weighted by atomic mass is 79.9. The third-order valence-corrected chi connectivity index (χ3v) is 3.45. The zero-order chi connectivity index (χ0) is 13.8. The molecule has 0 aliphatic rings. The van der Waals surface area contributed by atoms with Crippen LogP contribution in [0.5, 0.6) is 0 Å². The second-order valence-corrected chi connectivity index (χ2v) is 5.44.